The molecule has 0 spiro atoms. The van der Waals surface area contributed by atoms with E-state index in [0.717, 1.165) is 23.2 Å². The van der Waals surface area contributed by atoms with Crippen molar-refractivity contribution in [1.29, 1.82) is 0 Å². The first-order valence-corrected chi connectivity index (χ1v) is 6.92. The topological polar surface area (TPSA) is 25.2 Å². The van der Waals surface area contributed by atoms with Crippen LogP contribution >= 0.6 is 27.3 Å². The number of hydrogen-bond donors (Lipinski definition) is 1. The van der Waals surface area contributed by atoms with E-state index < -0.39 is 0 Å². The molecule has 1 unspecified atom stereocenters. The SMILES string of the molecule is CC(NCCc1ccco1)c1cc(Br)cs1. The third kappa shape index (κ3) is 3.20. The van der Waals surface area contributed by atoms with E-state index in [0.29, 0.717) is 6.04 Å². The Morgan fingerprint density at radius 3 is 3.06 bits per heavy atom. The predicted molar refractivity (Wildman–Crippen MR) is 70.8 cm³/mol. The summed E-state index contributed by atoms with van der Waals surface area (Å²) in [7, 11) is 0. The van der Waals surface area contributed by atoms with Crippen molar-refractivity contribution in [2.75, 3.05) is 6.54 Å². The molecule has 86 valence electrons. The van der Waals surface area contributed by atoms with Crippen LogP contribution in [0.2, 0.25) is 0 Å². The zero-order valence-corrected chi connectivity index (χ0v) is 11.5. The van der Waals surface area contributed by atoms with Crippen LogP contribution in [0, 0.1) is 0 Å². The molecule has 16 heavy (non-hydrogen) atoms. The first-order chi connectivity index (χ1) is 7.75. The van der Waals surface area contributed by atoms with Crippen LogP contribution < -0.4 is 5.32 Å². The molecule has 0 aromatic carbocycles. The Labute approximate surface area is 108 Å². The molecule has 2 aromatic heterocycles. The van der Waals surface area contributed by atoms with Gasteiger partial charge in [0.25, 0.3) is 0 Å². The molecule has 0 bridgehead atoms. The van der Waals surface area contributed by atoms with Gasteiger partial charge in [0.2, 0.25) is 0 Å². The maximum Gasteiger partial charge on any atom is 0.105 e. The van der Waals surface area contributed by atoms with Crippen LogP contribution in [0.25, 0.3) is 0 Å². The van der Waals surface area contributed by atoms with E-state index in [4.69, 9.17) is 4.42 Å². The van der Waals surface area contributed by atoms with Gasteiger partial charge in [0.15, 0.2) is 0 Å². The van der Waals surface area contributed by atoms with Crippen LogP contribution in [0.5, 0.6) is 0 Å². The van der Waals surface area contributed by atoms with Gasteiger partial charge in [-0.25, -0.2) is 0 Å². The zero-order valence-electron chi connectivity index (χ0n) is 9.07. The third-order valence-electron chi connectivity index (χ3n) is 2.42. The molecule has 2 nitrogen and oxygen atoms in total. The van der Waals surface area contributed by atoms with Gasteiger partial charge in [-0.2, -0.15) is 0 Å². The summed E-state index contributed by atoms with van der Waals surface area (Å²) in [4.78, 5) is 1.35. The molecule has 4 heteroatoms. The molecule has 0 aliphatic rings. The summed E-state index contributed by atoms with van der Waals surface area (Å²) < 4.78 is 6.44. The van der Waals surface area contributed by atoms with E-state index in [1.165, 1.54) is 4.88 Å². The molecule has 1 N–H and O–H groups in total. The molecule has 0 saturated heterocycles. The summed E-state index contributed by atoms with van der Waals surface area (Å²) >= 11 is 5.24. The second-order valence-corrected chi connectivity index (χ2v) is 5.53. The minimum absolute atomic E-state index is 0.395. The molecular formula is C12H14BrNOS. The van der Waals surface area contributed by atoms with Gasteiger partial charge < -0.3 is 9.73 Å². The Morgan fingerprint density at radius 2 is 2.44 bits per heavy atom. The fourth-order valence-electron chi connectivity index (χ4n) is 1.52. The molecule has 1 atom stereocenters. The average Bonchev–Trinajstić information content (AvgIpc) is 2.89. The average molecular weight is 300 g/mol. The zero-order chi connectivity index (χ0) is 11.4. The van der Waals surface area contributed by atoms with Gasteiger partial charge in [-0.1, -0.05) is 0 Å². The minimum Gasteiger partial charge on any atom is -0.469 e. The van der Waals surface area contributed by atoms with Gasteiger partial charge in [0.1, 0.15) is 5.76 Å². The van der Waals surface area contributed by atoms with Crippen molar-refractivity contribution in [2.24, 2.45) is 0 Å². The standard InChI is InChI=1S/C12H14BrNOS/c1-9(12-7-10(13)8-16-12)14-5-4-11-3-2-6-15-11/h2-3,6-9,14H,4-5H2,1H3. The van der Waals surface area contributed by atoms with Gasteiger partial charge >= 0.3 is 0 Å². The monoisotopic (exact) mass is 299 g/mol. The molecule has 0 aliphatic heterocycles. The highest BCUT2D eigenvalue weighted by molar-refractivity contribution is 9.10. The molecular weight excluding hydrogens is 286 g/mol. The van der Waals surface area contributed by atoms with E-state index in [1.807, 2.05) is 12.1 Å². The lowest BCUT2D eigenvalue weighted by molar-refractivity contribution is 0.487. The Hall–Kier alpha value is -0.580. The molecule has 0 radical (unpaired) electrons. The van der Waals surface area contributed by atoms with Crippen molar-refractivity contribution in [3.63, 3.8) is 0 Å². The second kappa shape index (κ2) is 5.66. The Kier molecular flexibility index (Phi) is 4.21. The normalized spacial score (nSPS) is 12.9. The number of halogens is 1. The number of thiophene rings is 1. The van der Waals surface area contributed by atoms with Crippen LogP contribution in [0.15, 0.2) is 38.7 Å². The maximum atomic E-state index is 5.28. The largest absolute Gasteiger partial charge is 0.469 e. The van der Waals surface area contributed by atoms with Crippen molar-refractivity contribution in [3.8, 4) is 0 Å². The van der Waals surface area contributed by atoms with Crippen molar-refractivity contribution < 1.29 is 4.42 Å². The number of nitrogens with one attached hydrogen (secondary N) is 1. The molecule has 2 aromatic rings. The van der Waals surface area contributed by atoms with E-state index in [-0.39, 0.29) is 0 Å². The summed E-state index contributed by atoms with van der Waals surface area (Å²) in [5, 5.41) is 5.59. The van der Waals surface area contributed by atoms with Crippen LogP contribution in [0.1, 0.15) is 23.6 Å². The summed E-state index contributed by atoms with van der Waals surface area (Å²) in [5.74, 6) is 1.03. The van der Waals surface area contributed by atoms with Crippen molar-refractivity contribution in [3.05, 3.63) is 45.0 Å². The molecule has 0 saturated carbocycles. The Balaban J connectivity index is 1.78. The number of hydrogen-bond acceptors (Lipinski definition) is 3. The Morgan fingerprint density at radius 1 is 1.56 bits per heavy atom. The highest BCUT2D eigenvalue weighted by Crippen LogP contribution is 2.25. The van der Waals surface area contributed by atoms with Crippen molar-refractivity contribution >= 4 is 27.3 Å². The fraction of sp³-hybridized carbons (Fsp3) is 0.333. The molecule has 0 amide bonds. The quantitative estimate of drug-likeness (QED) is 0.903. The summed E-state index contributed by atoms with van der Waals surface area (Å²) in [6, 6.07) is 6.49. The highest BCUT2D eigenvalue weighted by Gasteiger charge is 2.07. The summed E-state index contributed by atoms with van der Waals surface area (Å²) in [5.41, 5.74) is 0. The molecule has 0 aliphatic carbocycles. The van der Waals surface area contributed by atoms with Crippen molar-refractivity contribution in [1.82, 2.24) is 5.32 Å². The van der Waals surface area contributed by atoms with Crippen molar-refractivity contribution in [2.45, 2.75) is 19.4 Å². The lowest BCUT2D eigenvalue weighted by Crippen LogP contribution is -2.20. The maximum absolute atomic E-state index is 5.28. The van der Waals surface area contributed by atoms with Gasteiger partial charge in [0, 0.05) is 33.7 Å². The van der Waals surface area contributed by atoms with E-state index >= 15 is 0 Å². The summed E-state index contributed by atoms with van der Waals surface area (Å²) in [6.45, 7) is 3.12. The lowest BCUT2D eigenvalue weighted by Gasteiger charge is -2.10. The van der Waals surface area contributed by atoms with Gasteiger partial charge in [-0.15, -0.1) is 11.3 Å². The van der Waals surface area contributed by atoms with E-state index in [1.54, 1.807) is 17.6 Å². The van der Waals surface area contributed by atoms with Crippen LogP contribution in [0.4, 0.5) is 0 Å². The van der Waals surface area contributed by atoms with Gasteiger partial charge in [0.05, 0.1) is 6.26 Å². The number of furan rings is 1. The van der Waals surface area contributed by atoms with Crippen LogP contribution in [-0.2, 0) is 6.42 Å². The first kappa shape index (κ1) is 11.9. The molecule has 0 fully saturated rings. The highest BCUT2D eigenvalue weighted by atomic mass is 79.9. The van der Waals surface area contributed by atoms with E-state index in [2.05, 4.69) is 39.6 Å². The molecule has 2 rings (SSSR count). The summed E-state index contributed by atoms with van der Waals surface area (Å²) in [6.07, 6.45) is 2.65. The predicted octanol–water partition coefficient (Wildman–Crippen LogP) is 4.00. The lowest BCUT2D eigenvalue weighted by atomic mass is 10.2. The minimum atomic E-state index is 0.395. The number of rotatable bonds is 5. The van der Waals surface area contributed by atoms with Crippen LogP contribution in [0.3, 0.4) is 0 Å². The second-order valence-electron chi connectivity index (χ2n) is 3.67. The smallest absolute Gasteiger partial charge is 0.105 e. The first-order valence-electron chi connectivity index (χ1n) is 5.25. The van der Waals surface area contributed by atoms with E-state index in [9.17, 15) is 0 Å². The Bertz CT molecular complexity index is 424. The third-order valence-corrected chi connectivity index (χ3v) is 4.29. The van der Waals surface area contributed by atoms with Crippen LogP contribution in [-0.4, -0.2) is 6.54 Å². The van der Waals surface area contributed by atoms with Gasteiger partial charge in [-0.3, -0.25) is 0 Å². The fourth-order valence-corrected chi connectivity index (χ4v) is 3.00. The van der Waals surface area contributed by atoms with Gasteiger partial charge in [-0.05, 0) is 41.1 Å². The molecule has 2 heterocycles.